The van der Waals surface area contributed by atoms with Crippen LogP contribution in [0.5, 0.6) is 0 Å². The van der Waals surface area contributed by atoms with Gasteiger partial charge in [-0.2, -0.15) is 0 Å². The Morgan fingerprint density at radius 1 is 1.44 bits per heavy atom. The van der Waals surface area contributed by atoms with Crippen molar-refractivity contribution in [3.05, 3.63) is 0 Å². The topological polar surface area (TPSA) is 41.1 Å². The van der Waals surface area contributed by atoms with E-state index in [-0.39, 0.29) is 5.41 Å². The lowest BCUT2D eigenvalue weighted by Crippen LogP contribution is -2.50. The van der Waals surface area contributed by atoms with Crippen molar-refractivity contribution in [2.24, 2.45) is 11.3 Å². The van der Waals surface area contributed by atoms with E-state index >= 15 is 0 Å². The first-order chi connectivity index (χ1) is 8.77. The molecule has 1 saturated carbocycles. The maximum atomic E-state index is 12.4. The summed E-state index contributed by atoms with van der Waals surface area (Å²) in [6.45, 7) is 4.99. The Kier molecular flexibility index (Phi) is 5.04. The lowest BCUT2D eigenvalue weighted by molar-refractivity contribution is -0.132. The SMILES string of the molecule is CCCC1(C(=O)NCCCC2CC2)CCCNC1. The molecule has 0 aromatic heterocycles. The van der Waals surface area contributed by atoms with Crippen molar-refractivity contribution in [3.63, 3.8) is 0 Å². The molecule has 1 heterocycles. The van der Waals surface area contributed by atoms with Gasteiger partial charge in [0.1, 0.15) is 0 Å². The van der Waals surface area contributed by atoms with Gasteiger partial charge in [0.15, 0.2) is 0 Å². The van der Waals surface area contributed by atoms with Crippen molar-refractivity contribution in [1.29, 1.82) is 0 Å². The molecule has 104 valence electrons. The highest BCUT2D eigenvalue weighted by atomic mass is 16.2. The van der Waals surface area contributed by atoms with E-state index < -0.39 is 0 Å². The van der Waals surface area contributed by atoms with Crippen LogP contribution in [-0.2, 0) is 4.79 Å². The van der Waals surface area contributed by atoms with Crippen molar-refractivity contribution in [2.45, 2.75) is 58.3 Å². The number of carbonyl (C=O) groups excluding carboxylic acids is 1. The second-order valence-electron chi connectivity index (χ2n) is 6.15. The van der Waals surface area contributed by atoms with Gasteiger partial charge in [0.25, 0.3) is 0 Å². The van der Waals surface area contributed by atoms with Gasteiger partial charge in [-0.25, -0.2) is 0 Å². The maximum absolute atomic E-state index is 12.4. The third kappa shape index (κ3) is 3.71. The number of nitrogens with one attached hydrogen (secondary N) is 2. The fourth-order valence-electron chi connectivity index (χ4n) is 3.15. The van der Waals surface area contributed by atoms with E-state index in [0.29, 0.717) is 5.91 Å². The number of amides is 1. The second-order valence-corrected chi connectivity index (χ2v) is 6.15. The Labute approximate surface area is 111 Å². The summed E-state index contributed by atoms with van der Waals surface area (Å²) < 4.78 is 0. The molecule has 1 amide bonds. The zero-order chi connectivity index (χ0) is 12.8. The number of hydrogen-bond acceptors (Lipinski definition) is 2. The van der Waals surface area contributed by atoms with Gasteiger partial charge in [-0.15, -0.1) is 0 Å². The van der Waals surface area contributed by atoms with Crippen molar-refractivity contribution in [1.82, 2.24) is 10.6 Å². The average Bonchev–Trinajstić information content (AvgIpc) is 3.20. The Morgan fingerprint density at radius 3 is 2.89 bits per heavy atom. The summed E-state index contributed by atoms with van der Waals surface area (Å²) >= 11 is 0. The molecule has 0 bridgehead atoms. The first-order valence-electron chi connectivity index (χ1n) is 7.76. The molecule has 2 aliphatic rings. The molecule has 0 spiro atoms. The van der Waals surface area contributed by atoms with E-state index in [0.717, 1.165) is 57.7 Å². The highest BCUT2D eigenvalue weighted by Gasteiger charge is 2.38. The second kappa shape index (κ2) is 6.55. The summed E-state index contributed by atoms with van der Waals surface area (Å²) in [6.07, 6.45) is 9.60. The lowest BCUT2D eigenvalue weighted by atomic mass is 9.76. The third-order valence-electron chi connectivity index (χ3n) is 4.45. The first-order valence-corrected chi connectivity index (χ1v) is 7.76. The largest absolute Gasteiger partial charge is 0.356 e. The molecule has 2 rings (SSSR count). The molecule has 3 nitrogen and oxygen atoms in total. The number of carbonyl (C=O) groups is 1. The molecule has 1 unspecified atom stereocenters. The minimum Gasteiger partial charge on any atom is -0.356 e. The lowest BCUT2D eigenvalue weighted by Gasteiger charge is -2.36. The minimum atomic E-state index is -0.118. The van der Waals surface area contributed by atoms with Crippen molar-refractivity contribution in [2.75, 3.05) is 19.6 Å². The molecule has 1 atom stereocenters. The van der Waals surface area contributed by atoms with E-state index in [1.54, 1.807) is 0 Å². The summed E-state index contributed by atoms with van der Waals surface area (Å²) in [5, 5.41) is 6.58. The molecule has 0 radical (unpaired) electrons. The monoisotopic (exact) mass is 252 g/mol. The van der Waals surface area contributed by atoms with Gasteiger partial charge in [0.05, 0.1) is 5.41 Å². The summed E-state index contributed by atoms with van der Waals surface area (Å²) in [6, 6.07) is 0. The van der Waals surface area contributed by atoms with E-state index in [2.05, 4.69) is 17.6 Å². The van der Waals surface area contributed by atoms with Crippen LogP contribution in [0.25, 0.3) is 0 Å². The van der Waals surface area contributed by atoms with Gasteiger partial charge < -0.3 is 10.6 Å². The number of rotatable bonds is 7. The Morgan fingerprint density at radius 2 is 2.28 bits per heavy atom. The third-order valence-corrected chi connectivity index (χ3v) is 4.45. The zero-order valence-electron chi connectivity index (χ0n) is 11.8. The summed E-state index contributed by atoms with van der Waals surface area (Å²) in [5.74, 6) is 1.27. The normalized spacial score (nSPS) is 28.1. The van der Waals surface area contributed by atoms with Gasteiger partial charge in [-0.05, 0) is 44.6 Å². The summed E-state index contributed by atoms with van der Waals surface area (Å²) in [5.41, 5.74) is -0.118. The van der Waals surface area contributed by atoms with E-state index in [9.17, 15) is 4.79 Å². The van der Waals surface area contributed by atoms with Crippen LogP contribution in [0.3, 0.4) is 0 Å². The molecule has 1 saturated heterocycles. The molecule has 18 heavy (non-hydrogen) atoms. The van der Waals surface area contributed by atoms with Crippen LogP contribution in [0.2, 0.25) is 0 Å². The maximum Gasteiger partial charge on any atom is 0.227 e. The Hall–Kier alpha value is -0.570. The van der Waals surface area contributed by atoms with E-state index in [1.807, 2.05) is 0 Å². The van der Waals surface area contributed by atoms with Crippen LogP contribution in [0.1, 0.15) is 58.3 Å². The molecular formula is C15H28N2O. The van der Waals surface area contributed by atoms with Crippen LogP contribution < -0.4 is 10.6 Å². The number of hydrogen-bond donors (Lipinski definition) is 2. The molecule has 3 heteroatoms. The standard InChI is InChI=1S/C15H28N2O/c1-2-8-15(9-4-10-16-12-15)14(18)17-11-3-5-13-6-7-13/h13,16H,2-12H2,1H3,(H,17,18). The molecule has 1 aliphatic heterocycles. The molecule has 2 fully saturated rings. The molecular weight excluding hydrogens is 224 g/mol. The molecule has 0 aromatic carbocycles. The Bertz CT molecular complexity index is 262. The highest BCUT2D eigenvalue weighted by Crippen LogP contribution is 2.34. The van der Waals surface area contributed by atoms with Crippen LogP contribution in [0, 0.1) is 11.3 Å². The summed E-state index contributed by atoms with van der Waals surface area (Å²) in [4.78, 5) is 12.4. The molecule has 1 aliphatic carbocycles. The Balaban J connectivity index is 1.74. The van der Waals surface area contributed by atoms with Crippen molar-refractivity contribution >= 4 is 5.91 Å². The van der Waals surface area contributed by atoms with E-state index in [1.165, 1.54) is 19.3 Å². The van der Waals surface area contributed by atoms with E-state index in [4.69, 9.17) is 0 Å². The predicted molar refractivity (Wildman–Crippen MR) is 74.4 cm³/mol. The van der Waals surface area contributed by atoms with Gasteiger partial charge in [-0.1, -0.05) is 26.2 Å². The number of piperidine rings is 1. The van der Waals surface area contributed by atoms with Gasteiger partial charge >= 0.3 is 0 Å². The van der Waals surface area contributed by atoms with Gasteiger partial charge in [0, 0.05) is 13.1 Å². The highest BCUT2D eigenvalue weighted by molar-refractivity contribution is 5.83. The predicted octanol–water partition coefficient (Wildman–Crippen LogP) is 2.46. The fraction of sp³-hybridized carbons (Fsp3) is 0.933. The first kappa shape index (κ1) is 13.9. The molecule has 0 aromatic rings. The quantitative estimate of drug-likeness (QED) is 0.683. The van der Waals surface area contributed by atoms with Crippen LogP contribution >= 0.6 is 0 Å². The van der Waals surface area contributed by atoms with Crippen LogP contribution in [0.15, 0.2) is 0 Å². The van der Waals surface area contributed by atoms with Gasteiger partial charge in [-0.3, -0.25) is 4.79 Å². The smallest absolute Gasteiger partial charge is 0.227 e. The fourth-order valence-corrected chi connectivity index (χ4v) is 3.15. The van der Waals surface area contributed by atoms with Crippen molar-refractivity contribution in [3.8, 4) is 0 Å². The zero-order valence-corrected chi connectivity index (χ0v) is 11.8. The van der Waals surface area contributed by atoms with Crippen molar-refractivity contribution < 1.29 is 4.79 Å². The average molecular weight is 252 g/mol. The molecule has 2 N–H and O–H groups in total. The van der Waals surface area contributed by atoms with Crippen LogP contribution in [-0.4, -0.2) is 25.5 Å². The van der Waals surface area contributed by atoms with Gasteiger partial charge in [0.2, 0.25) is 5.91 Å². The summed E-state index contributed by atoms with van der Waals surface area (Å²) in [7, 11) is 0. The minimum absolute atomic E-state index is 0.118. The van der Waals surface area contributed by atoms with Crippen LogP contribution in [0.4, 0.5) is 0 Å².